The van der Waals surface area contributed by atoms with E-state index in [-0.39, 0.29) is 11.7 Å². The van der Waals surface area contributed by atoms with Crippen molar-refractivity contribution in [3.05, 3.63) is 33.1 Å². The van der Waals surface area contributed by atoms with E-state index in [1.165, 1.54) is 11.3 Å². The number of nitrogens with two attached hydrogens (primary N) is 1. The standard InChI is InChI=1S/C13H15BrN4OS/c1-3-16-13-18-11(15)10(20-13)12(19)17-9-5-4-8(14)6-7(9)2/h4-6H,3,15H2,1-2H3,(H,16,18)(H,17,19). The molecule has 2 aromatic rings. The van der Waals surface area contributed by atoms with Crippen LogP contribution in [0.1, 0.15) is 22.2 Å². The van der Waals surface area contributed by atoms with Crippen molar-refractivity contribution in [2.24, 2.45) is 0 Å². The van der Waals surface area contributed by atoms with E-state index in [2.05, 4.69) is 31.5 Å². The molecule has 0 unspecified atom stereocenters. The van der Waals surface area contributed by atoms with Crippen LogP contribution in [0.5, 0.6) is 0 Å². The monoisotopic (exact) mass is 354 g/mol. The summed E-state index contributed by atoms with van der Waals surface area (Å²) in [4.78, 5) is 16.8. The normalized spacial score (nSPS) is 10.3. The van der Waals surface area contributed by atoms with Crippen LogP contribution in [0.2, 0.25) is 0 Å². The van der Waals surface area contributed by atoms with Crippen molar-refractivity contribution < 1.29 is 4.79 Å². The lowest BCUT2D eigenvalue weighted by Gasteiger charge is -2.07. The van der Waals surface area contributed by atoms with Crippen molar-refractivity contribution in [1.29, 1.82) is 0 Å². The molecule has 1 aromatic heterocycles. The Morgan fingerprint density at radius 1 is 1.50 bits per heavy atom. The smallest absolute Gasteiger partial charge is 0.269 e. The number of aromatic nitrogens is 1. The number of nitrogens with zero attached hydrogens (tertiary/aromatic N) is 1. The van der Waals surface area contributed by atoms with Crippen molar-refractivity contribution in [3.63, 3.8) is 0 Å². The molecule has 1 amide bonds. The van der Waals surface area contributed by atoms with Gasteiger partial charge >= 0.3 is 0 Å². The van der Waals surface area contributed by atoms with Gasteiger partial charge in [-0.15, -0.1) is 0 Å². The number of nitrogen functional groups attached to an aromatic ring is 1. The Morgan fingerprint density at radius 3 is 2.90 bits per heavy atom. The molecule has 4 N–H and O–H groups in total. The van der Waals surface area contributed by atoms with Gasteiger partial charge in [-0.3, -0.25) is 4.79 Å². The van der Waals surface area contributed by atoms with Crippen LogP contribution in [0, 0.1) is 6.92 Å². The molecule has 5 nitrogen and oxygen atoms in total. The minimum Gasteiger partial charge on any atom is -0.382 e. The molecule has 0 fully saturated rings. The van der Waals surface area contributed by atoms with Crippen molar-refractivity contribution in [3.8, 4) is 0 Å². The van der Waals surface area contributed by atoms with E-state index in [1.54, 1.807) is 0 Å². The van der Waals surface area contributed by atoms with Gasteiger partial charge in [0.15, 0.2) is 5.13 Å². The highest BCUT2D eigenvalue weighted by Crippen LogP contribution is 2.27. The summed E-state index contributed by atoms with van der Waals surface area (Å²) in [6.07, 6.45) is 0. The van der Waals surface area contributed by atoms with E-state index in [0.29, 0.717) is 10.0 Å². The number of rotatable bonds is 4. The molecule has 0 atom stereocenters. The molecule has 0 radical (unpaired) electrons. The zero-order valence-corrected chi connectivity index (χ0v) is 13.6. The minimum absolute atomic E-state index is 0.241. The molecule has 0 saturated heterocycles. The van der Waals surface area contributed by atoms with Crippen LogP contribution < -0.4 is 16.4 Å². The van der Waals surface area contributed by atoms with Crippen molar-refractivity contribution >= 4 is 49.8 Å². The quantitative estimate of drug-likeness (QED) is 0.785. The Balaban J connectivity index is 2.19. The third-order valence-electron chi connectivity index (χ3n) is 2.62. The third-order valence-corrected chi connectivity index (χ3v) is 4.15. The lowest BCUT2D eigenvalue weighted by atomic mass is 10.2. The molecule has 0 bridgehead atoms. The van der Waals surface area contributed by atoms with Crippen molar-refractivity contribution in [1.82, 2.24) is 4.98 Å². The number of carbonyl (C=O) groups excluding carboxylic acids is 1. The van der Waals surface area contributed by atoms with Crippen molar-refractivity contribution in [2.75, 3.05) is 22.9 Å². The van der Waals surface area contributed by atoms with Gasteiger partial charge in [-0.2, -0.15) is 0 Å². The zero-order valence-electron chi connectivity index (χ0n) is 11.2. The SMILES string of the molecule is CCNc1nc(N)c(C(=O)Nc2ccc(Br)cc2C)s1. The molecule has 0 spiro atoms. The van der Waals surface area contributed by atoms with E-state index < -0.39 is 0 Å². The van der Waals surface area contributed by atoms with Crippen LogP contribution >= 0.6 is 27.3 Å². The molecule has 0 aliphatic carbocycles. The highest BCUT2D eigenvalue weighted by atomic mass is 79.9. The Hall–Kier alpha value is -1.60. The number of carbonyl (C=O) groups is 1. The van der Waals surface area contributed by atoms with Crippen LogP contribution in [0.15, 0.2) is 22.7 Å². The lowest BCUT2D eigenvalue weighted by molar-refractivity contribution is 0.103. The van der Waals surface area contributed by atoms with Crippen LogP contribution in [-0.4, -0.2) is 17.4 Å². The maximum Gasteiger partial charge on any atom is 0.269 e. The van der Waals surface area contributed by atoms with Gasteiger partial charge in [0.05, 0.1) is 0 Å². The fourth-order valence-electron chi connectivity index (χ4n) is 1.67. The Morgan fingerprint density at radius 2 is 2.25 bits per heavy atom. The topological polar surface area (TPSA) is 80.0 Å². The van der Waals surface area contributed by atoms with E-state index in [4.69, 9.17) is 5.73 Å². The first-order valence-electron chi connectivity index (χ1n) is 6.09. The van der Waals surface area contributed by atoms with Crippen LogP contribution in [-0.2, 0) is 0 Å². The van der Waals surface area contributed by atoms with Gasteiger partial charge in [-0.25, -0.2) is 4.98 Å². The molecule has 106 valence electrons. The van der Waals surface area contributed by atoms with Gasteiger partial charge in [0.1, 0.15) is 10.7 Å². The molecule has 0 aliphatic rings. The molecular formula is C13H15BrN4OS. The first-order chi connectivity index (χ1) is 9.51. The lowest BCUT2D eigenvalue weighted by Crippen LogP contribution is -2.13. The van der Waals surface area contributed by atoms with Crippen molar-refractivity contribution in [2.45, 2.75) is 13.8 Å². The zero-order chi connectivity index (χ0) is 14.7. The summed E-state index contributed by atoms with van der Waals surface area (Å²) in [7, 11) is 0. The second kappa shape index (κ2) is 6.23. The number of amides is 1. The highest BCUT2D eigenvalue weighted by Gasteiger charge is 2.16. The number of hydrogen-bond donors (Lipinski definition) is 3. The number of hydrogen-bond acceptors (Lipinski definition) is 5. The summed E-state index contributed by atoms with van der Waals surface area (Å²) in [6.45, 7) is 4.63. The maximum atomic E-state index is 12.2. The molecule has 20 heavy (non-hydrogen) atoms. The summed E-state index contributed by atoms with van der Waals surface area (Å²) >= 11 is 4.64. The van der Waals surface area contributed by atoms with Crippen LogP contribution in [0.4, 0.5) is 16.6 Å². The summed E-state index contributed by atoms with van der Waals surface area (Å²) in [5.74, 6) is 0.00721. The van der Waals surface area contributed by atoms with Gasteiger partial charge in [0, 0.05) is 16.7 Å². The second-order valence-electron chi connectivity index (χ2n) is 4.18. The van der Waals surface area contributed by atoms with Crippen LogP contribution in [0.3, 0.4) is 0 Å². The molecule has 0 saturated carbocycles. The Kier molecular flexibility index (Phi) is 4.61. The second-order valence-corrected chi connectivity index (χ2v) is 6.09. The number of anilines is 3. The molecular weight excluding hydrogens is 340 g/mol. The third kappa shape index (κ3) is 3.29. The van der Waals surface area contributed by atoms with Crippen LogP contribution in [0.25, 0.3) is 0 Å². The van der Waals surface area contributed by atoms with Gasteiger partial charge < -0.3 is 16.4 Å². The van der Waals surface area contributed by atoms with Gasteiger partial charge in [0.25, 0.3) is 5.91 Å². The van der Waals surface area contributed by atoms with E-state index in [1.807, 2.05) is 32.0 Å². The maximum absolute atomic E-state index is 12.2. The average molecular weight is 355 g/mol. The minimum atomic E-state index is -0.241. The number of nitrogens with one attached hydrogen (secondary N) is 2. The molecule has 0 aliphatic heterocycles. The Labute approximate surface area is 129 Å². The van der Waals surface area contributed by atoms with Gasteiger partial charge in [-0.05, 0) is 37.6 Å². The van der Waals surface area contributed by atoms with E-state index >= 15 is 0 Å². The molecule has 1 heterocycles. The largest absolute Gasteiger partial charge is 0.382 e. The average Bonchev–Trinajstić information content (AvgIpc) is 2.74. The van der Waals surface area contributed by atoms with Gasteiger partial charge in [-0.1, -0.05) is 27.3 Å². The molecule has 1 aromatic carbocycles. The predicted octanol–water partition coefficient (Wildman–Crippen LogP) is 3.48. The highest BCUT2D eigenvalue weighted by molar-refractivity contribution is 9.10. The molecule has 7 heteroatoms. The predicted molar refractivity (Wildman–Crippen MR) is 87.5 cm³/mol. The summed E-state index contributed by atoms with van der Waals surface area (Å²) in [6, 6.07) is 5.66. The number of halogens is 1. The fourth-order valence-corrected chi connectivity index (χ4v) is 2.99. The summed E-state index contributed by atoms with van der Waals surface area (Å²) < 4.78 is 0.972. The number of thiazole rings is 1. The first kappa shape index (κ1) is 14.8. The van der Waals surface area contributed by atoms with Gasteiger partial charge in [0.2, 0.25) is 0 Å². The Bertz CT molecular complexity index is 641. The molecule has 2 rings (SSSR count). The fraction of sp³-hybridized carbons (Fsp3) is 0.231. The summed E-state index contributed by atoms with van der Waals surface area (Å²) in [5, 5.41) is 6.56. The number of aryl methyl sites for hydroxylation is 1. The summed E-state index contributed by atoms with van der Waals surface area (Å²) in [5.41, 5.74) is 7.51. The van der Waals surface area contributed by atoms with E-state index in [0.717, 1.165) is 22.3 Å². The first-order valence-corrected chi connectivity index (χ1v) is 7.70. The number of benzene rings is 1. The van der Waals surface area contributed by atoms with E-state index in [9.17, 15) is 4.79 Å².